The maximum absolute atomic E-state index is 12.5. The van der Waals surface area contributed by atoms with Crippen molar-refractivity contribution in [2.45, 2.75) is 20.0 Å². The SMILES string of the molecule is CCOc1ccc(OC(C)C(=O)NNC(=O)c2ccccc2-n2cnnn2)cc1. The molecule has 2 aromatic carbocycles. The summed E-state index contributed by atoms with van der Waals surface area (Å²) in [6.07, 6.45) is 0.542. The summed E-state index contributed by atoms with van der Waals surface area (Å²) in [7, 11) is 0. The number of hydrogen-bond donors (Lipinski definition) is 2. The normalized spacial score (nSPS) is 11.4. The molecule has 0 saturated carbocycles. The second-order valence-electron chi connectivity index (χ2n) is 5.88. The van der Waals surface area contributed by atoms with Crippen molar-refractivity contribution < 1.29 is 19.1 Å². The standard InChI is InChI=1S/C19H20N6O4/c1-3-28-14-8-10-15(11-9-14)29-13(2)18(26)21-22-19(27)16-6-4-5-7-17(16)25-12-20-23-24-25/h4-13H,3H2,1-2H3,(H,21,26)(H,22,27). The number of nitrogens with one attached hydrogen (secondary N) is 2. The smallest absolute Gasteiger partial charge is 0.279 e. The van der Waals surface area contributed by atoms with Crippen LogP contribution in [0.25, 0.3) is 5.69 Å². The second-order valence-corrected chi connectivity index (χ2v) is 5.88. The molecule has 3 aromatic rings. The number of hydrazine groups is 1. The Bertz CT molecular complexity index is 959. The van der Waals surface area contributed by atoms with E-state index in [-0.39, 0.29) is 0 Å². The number of ether oxygens (including phenoxy) is 2. The zero-order chi connectivity index (χ0) is 20.6. The lowest BCUT2D eigenvalue weighted by Crippen LogP contribution is -2.47. The number of carbonyl (C=O) groups excluding carboxylic acids is 2. The minimum Gasteiger partial charge on any atom is -0.494 e. The molecule has 29 heavy (non-hydrogen) atoms. The first-order chi connectivity index (χ1) is 14.1. The lowest BCUT2D eigenvalue weighted by atomic mass is 10.1. The van der Waals surface area contributed by atoms with E-state index in [0.717, 1.165) is 0 Å². The van der Waals surface area contributed by atoms with E-state index >= 15 is 0 Å². The molecule has 1 atom stereocenters. The van der Waals surface area contributed by atoms with E-state index in [1.165, 1.54) is 11.0 Å². The summed E-state index contributed by atoms with van der Waals surface area (Å²) in [6.45, 7) is 4.04. The molecule has 0 saturated heterocycles. The molecule has 0 aliphatic carbocycles. The molecule has 10 nitrogen and oxygen atoms in total. The monoisotopic (exact) mass is 396 g/mol. The summed E-state index contributed by atoms with van der Waals surface area (Å²) < 4.78 is 12.3. The molecule has 3 rings (SSSR count). The summed E-state index contributed by atoms with van der Waals surface area (Å²) in [4.78, 5) is 24.7. The third kappa shape index (κ3) is 5.06. The highest BCUT2D eigenvalue weighted by molar-refractivity contribution is 5.98. The zero-order valence-electron chi connectivity index (χ0n) is 15.9. The molecule has 1 heterocycles. The average molecular weight is 396 g/mol. The molecule has 1 aromatic heterocycles. The van der Waals surface area contributed by atoms with Crippen molar-refractivity contribution in [3.05, 3.63) is 60.4 Å². The van der Waals surface area contributed by atoms with E-state index in [1.54, 1.807) is 55.5 Å². The maximum atomic E-state index is 12.5. The number of carbonyl (C=O) groups is 2. The topological polar surface area (TPSA) is 120 Å². The van der Waals surface area contributed by atoms with Gasteiger partial charge in [-0.2, -0.15) is 4.68 Å². The first-order valence-electron chi connectivity index (χ1n) is 8.90. The van der Waals surface area contributed by atoms with Crippen LogP contribution in [-0.2, 0) is 4.79 Å². The van der Waals surface area contributed by atoms with Gasteiger partial charge in [0.15, 0.2) is 6.10 Å². The number of tetrazole rings is 1. The van der Waals surface area contributed by atoms with Gasteiger partial charge in [0, 0.05) is 0 Å². The van der Waals surface area contributed by atoms with Crippen molar-refractivity contribution in [1.29, 1.82) is 0 Å². The quantitative estimate of drug-likeness (QED) is 0.577. The van der Waals surface area contributed by atoms with E-state index < -0.39 is 17.9 Å². The van der Waals surface area contributed by atoms with Crippen LogP contribution in [-0.4, -0.2) is 44.7 Å². The third-order valence-electron chi connectivity index (χ3n) is 3.86. The number of para-hydroxylation sites is 1. The Morgan fingerprint density at radius 2 is 1.79 bits per heavy atom. The van der Waals surface area contributed by atoms with Gasteiger partial charge < -0.3 is 9.47 Å². The fourth-order valence-electron chi connectivity index (χ4n) is 2.46. The number of aromatic nitrogens is 4. The molecule has 2 N–H and O–H groups in total. The number of amides is 2. The Morgan fingerprint density at radius 1 is 1.07 bits per heavy atom. The van der Waals surface area contributed by atoms with E-state index in [1.807, 2.05) is 6.92 Å². The highest BCUT2D eigenvalue weighted by Crippen LogP contribution is 2.18. The number of rotatable bonds is 7. The molecular weight excluding hydrogens is 376 g/mol. The Labute approximate surface area is 166 Å². The lowest BCUT2D eigenvalue weighted by Gasteiger charge is -2.16. The molecule has 150 valence electrons. The van der Waals surface area contributed by atoms with Crippen LogP contribution in [0.1, 0.15) is 24.2 Å². The molecule has 0 aliphatic heterocycles. The molecule has 0 aliphatic rings. The maximum Gasteiger partial charge on any atom is 0.279 e. The van der Waals surface area contributed by atoms with Crippen LogP contribution in [0, 0.1) is 0 Å². The van der Waals surface area contributed by atoms with Crippen LogP contribution in [0.3, 0.4) is 0 Å². The van der Waals surface area contributed by atoms with Gasteiger partial charge >= 0.3 is 0 Å². The minimum absolute atomic E-state index is 0.292. The van der Waals surface area contributed by atoms with Crippen LogP contribution in [0.2, 0.25) is 0 Å². The van der Waals surface area contributed by atoms with E-state index in [2.05, 4.69) is 26.4 Å². The van der Waals surface area contributed by atoms with Crippen molar-refractivity contribution in [1.82, 2.24) is 31.1 Å². The Balaban J connectivity index is 1.57. The van der Waals surface area contributed by atoms with Gasteiger partial charge in [0.2, 0.25) is 0 Å². The van der Waals surface area contributed by atoms with E-state index in [9.17, 15) is 9.59 Å². The van der Waals surface area contributed by atoms with Crippen molar-refractivity contribution >= 4 is 11.8 Å². The Kier molecular flexibility index (Phi) is 6.36. The Morgan fingerprint density at radius 3 is 2.48 bits per heavy atom. The number of nitrogens with zero attached hydrogens (tertiary/aromatic N) is 4. The summed E-state index contributed by atoms with van der Waals surface area (Å²) in [6, 6.07) is 13.6. The second kappa shape index (κ2) is 9.31. The van der Waals surface area contributed by atoms with Crippen LogP contribution in [0.4, 0.5) is 0 Å². The largest absolute Gasteiger partial charge is 0.494 e. The summed E-state index contributed by atoms with van der Waals surface area (Å²) in [5.41, 5.74) is 5.50. The fourth-order valence-corrected chi connectivity index (χ4v) is 2.46. The van der Waals surface area contributed by atoms with E-state index in [4.69, 9.17) is 9.47 Å². The first kappa shape index (κ1) is 19.8. The molecular formula is C19H20N6O4. The van der Waals surface area contributed by atoms with Crippen molar-refractivity contribution in [2.75, 3.05) is 6.61 Å². The molecule has 0 spiro atoms. The summed E-state index contributed by atoms with van der Waals surface area (Å²) >= 11 is 0. The summed E-state index contributed by atoms with van der Waals surface area (Å²) in [5, 5.41) is 10.9. The third-order valence-corrected chi connectivity index (χ3v) is 3.86. The molecule has 1 unspecified atom stereocenters. The highest BCUT2D eigenvalue weighted by atomic mass is 16.5. The van der Waals surface area contributed by atoms with Gasteiger partial charge in [-0.15, -0.1) is 5.10 Å². The number of hydrogen-bond acceptors (Lipinski definition) is 7. The molecule has 10 heteroatoms. The lowest BCUT2D eigenvalue weighted by molar-refractivity contribution is -0.128. The summed E-state index contributed by atoms with van der Waals surface area (Å²) in [5.74, 6) is 0.196. The Hall–Kier alpha value is -3.95. The number of benzene rings is 2. The van der Waals surface area contributed by atoms with Gasteiger partial charge in [0.05, 0.1) is 17.9 Å². The van der Waals surface area contributed by atoms with Gasteiger partial charge in [-0.3, -0.25) is 20.4 Å². The van der Waals surface area contributed by atoms with Gasteiger partial charge in [0.1, 0.15) is 17.8 Å². The molecule has 2 amide bonds. The van der Waals surface area contributed by atoms with Crippen LogP contribution in [0.5, 0.6) is 11.5 Å². The van der Waals surface area contributed by atoms with Crippen molar-refractivity contribution in [3.8, 4) is 17.2 Å². The predicted molar refractivity (Wildman–Crippen MR) is 102 cm³/mol. The van der Waals surface area contributed by atoms with Crippen LogP contribution in [0.15, 0.2) is 54.9 Å². The minimum atomic E-state index is -0.831. The predicted octanol–water partition coefficient (Wildman–Crippen LogP) is 1.29. The molecule has 0 fully saturated rings. The molecule has 0 bridgehead atoms. The van der Waals surface area contributed by atoms with Gasteiger partial charge in [-0.05, 0) is 60.7 Å². The van der Waals surface area contributed by atoms with Crippen molar-refractivity contribution in [3.63, 3.8) is 0 Å². The van der Waals surface area contributed by atoms with Gasteiger partial charge in [-0.1, -0.05) is 12.1 Å². The van der Waals surface area contributed by atoms with E-state index in [0.29, 0.717) is 29.4 Å². The first-order valence-corrected chi connectivity index (χ1v) is 8.90. The molecule has 0 radical (unpaired) electrons. The highest BCUT2D eigenvalue weighted by Gasteiger charge is 2.18. The van der Waals surface area contributed by atoms with Gasteiger partial charge in [0.25, 0.3) is 11.8 Å². The van der Waals surface area contributed by atoms with Gasteiger partial charge in [-0.25, -0.2) is 0 Å². The van der Waals surface area contributed by atoms with Crippen LogP contribution >= 0.6 is 0 Å². The average Bonchev–Trinajstić information content (AvgIpc) is 3.28. The van der Waals surface area contributed by atoms with Crippen molar-refractivity contribution in [2.24, 2.45) is 0 Å². The zero-order valence-corrected chi connectivity index (χ0v) is 15.9. The fraction of sp³-hybridized carbons (Fsp3) is 0.211. The van der Waals surface area contributed by atoms with Crippen LogP contribution < -0.4 is 20.3 Å².